The molecule has 1 saturated heterocycles. The molecule has 1 heterocycles. The van der Waals surface area contributed by atoms with Crippen LogP contribution in [0.2, 0.25) is 0 Å². The molecule has 3 nitrogen and oxygen atoms in total. The molecule has 1 aliphatic rings. The molecule has 0 saturated carbocycles. The monoisotopic (exact) mass is 234 g/mol. The van der Waals surface area contributed by atoms with E-state index in [2.05, 4.69) is 30.0 Å². The van der Waals surface area contributed by atoms with Crippen molar-refractivity contribution in [2.45, 2.75) is 32.3 Å². The molecular weight excluding hydrogens is 212 g/mol. The first-order chi connectivity index (χ1) is 8.24. The molecule has 2 rings (SSSR count). The normalized spacial score (nSPS) is 17.4. The smallest absolute Gasteiger partial charge is 0.0605 e. The maximum absolute atomic E-state index is 6.12. The van der Waals surface area contributed by atoms with Crippen molar-refractivity contribution in [3.63, 3.8) is 0 Å². The van der Waals surface area contributed by atoms with Crippen LogP contribution >= 0.6 is 0 Å². The Hall–Kier alpha value is -1.22. The van der Waals surface area contributed by atoms with E-state index in [1.165, 1.54) is 11.3 Å². The average molecular weight is 234 g/mol. The van der Waals surface area contributed by atoms with E-state index in [1.54, 1.807) is 7.11 Å². The molecule has 0 aliphatic carbocycles. The molecule has 0 unspecified atom stereocenters. The molecule has 0 amide bonds. The van der Waals surface area contributed by atoms with Gasteiger partial charge in [-0.3, -0.25) is 0 Å². The van der Waals surface area contributed by atoms with Crippen molar-refractivity contribution >= 4 is 11.4 Å². The largest absolute Gasteiger partial charge is 0.397 e. The first-order valence-corrected chi connectivity index (χ1v) is 6.40. The van der Waals surface area contributed by atoms with Crippen molar-refractivity contribution in [2.24, 2.45) is 0 Å². The third-order valence-corrected chi connectivity index (χ3v) is 3.62. The summed E-state index contributed by atoms with van der Waals surface area (Å²) in [6.45, 7) is 4.22. The number of nitrogens with two attached hydrogens (primary N) is 1. The standard InChI is InChI=1S/C14H22N2O/c1-3-11-4-5-14(13(15)10-11)16-8-6-12(17-2)7-9-16/h4-5,10,12H,3,6-9,15H2,1-2H3. The highest BCUT2D eigenvalue weighted by atomic mass is 16.5. The molecule has 94 valence electrons. The average Bonchev–Trinajstić information content (AvgIpc) is 2.39. The molecule has 1 aromatic carbocycles. The number of anilines is 2. The Morgan fingerprint density at radius 2 is 2.06 bits per heavy atom. The third-order valence-electron chi connectivity index (χ3n) is 3.62. The Bertz CT molecular complexity index is 370. The number of aryl methyl sites for hydroxylation is 1. The number of piperidine rings is 1. The van der Waals surface area contributed by atoms with Gasteiger partial charge in [0.15, 0.2) is 0 Å². The lowest BCUT2D eigenvalue weighted by atomic mass is 10.1. The summed E-state index contributed by atoms with van der Waals surface area (Å²) in [7, 11) is 1.80. The Kier molecular flexibility index (Phi) is 3.89. The van der Waals surface area contributed by atoms with Crippen LogP contribution in [0.15, 0.2) is 18.2 Å². The third kappa shape index (κ3) is 2.72. The molecule has 17 heavy (non-hydrogen) atoms. The van der Waals surface area contributed by atoms with E-state index in [4.69, 9.17) is 10.5 Å². The first kappa shape index (κ1) is 12.2. The lowest BCUT2D eigenvalue weighted by molar-refractivity contribution is 0.0819. The summed E-state index contributed by atoms with van der Waals surface area (Å²) in [4.78, 5) is 2.37. The van der Waals surface area contributed by atoms with Gasteiger partial charge in [-0.15, -0.1) is 0 Å². The van der Waals surface area contributed by atoms with Gasteiger partial charge in [0, 0.05) is 20.2 Å². The number of hydrogen-bond acceptors (Lipinski definition) is 3. The summed E-state index contributed by atoms with van der Waals surface area (Å²) in [5.74, 6) is 0. The number of rotatable bonds is 3. The number of ether oxygens (including phenoxy) is 1. The first-order valence-electron chi connectivity index (χ1n) is 6.40. The van der Waals surface area contributed by atoms with E-state index < -0.39 is 0 Å². The Balaban J connectivity index is 2.08. The second-order valence-corrected chi connectivity index (χ2v) is 4.67. The molecule has 0 aromatic heterocycles. The summed E-state index contributed by atoms with van der Waals surface area (Å²) in [6, 6.07) is 6.42. The van der Waals surface area contributed by atoms with Crippen LogP contribution in [0.3, 0.4) is 0 Å². The van der Waals surface area contributed by atoms with Gasteiger partial charge in [-0.2, -0.15) is 0 Å². The van der Waals surface area contributed by atoms with Crippen LogP contribution in [0.1, 0.15) is 25.3 Å². The van der Waals surface area contributed by atoms with Crippen LogP contribution in [0.4, 0.5) is 11.4 Å². The molecule has 0 spiro atoms. The lowest BCUT2D eigenvalue weighted by Crippen LogP contribution is -2.37. The maximum Gasteiger partial charge on any atom is 0.0605 e. The molecule has 1 aromatic rings. The summed E-state index contributed by atoms with van der Waals surface area (Å²) in [5, 5.41) is 0. The zero-order chi connectivity index (χ0) is 12.3. The molecule has 1 fully saturated rings. The second-order valence-electron chi connectivity index (χ2n) is 4.67. The van der Waals surface area contributed by atoms with Crippen LogP contribution in [0, 0.1) is 0 Å². The van der Waals surface area contributed by atoms with Gasteiger partial charge in [0.2, 0.25) is 0 Å². The zero-order valence-corrected chi connectivity index (χ0v) is 10.8. The minimum Gasteiger partial charge on any atom is -0.397 e. The Morgan fingerprint density at radius 3 is 2.59 bits per heavy atom. The molecule has 0 bridgehead atoms. The van der Waals surface area contributed by atoms with Gasteiger partial charge in [-0.25, -0.2) is 0 Å². The van der Waals surface area contributed by atoms with Crippen LogP contribution in [-0.2, 0) is 11.2 Å². The van der Waals surface area contributed by atoms with Gasteiger partial charge in [0.1, 0.15) is 0 Å². The minimum atomic E-state index is 0.419. The van der Waals surface area contributed by atoms with Crippen LogP contribution in [0.5, 0.6) is 0 Å². The summed E-state index contributed by atoms with van der Waals surface area (Å²) < 4.78 is 5.38. The van der Waals surface area contributed by atoms with Gasteiger partial charge in [0.25, 0.3) is 0 Å². The quantitative estimate of drug-likeness (QED) is 0.816. The van der Waals surface area contributed by atoms with Gasteiger partial charge in [0.05, 0.1) is 17.5 Å². The fraction of sp³-hybridized carbons (Fsp3) is 0.571. The van der Waals surface area contributed by atoms with Gasteiger partial charge < -0.3 is 15.4 Å². The topological polar surface area (TPSA) is 38.5 Å². The van der Waals surface area contributed by atoms with Crippen LogP contribution in [0.25, 0.3) is 0 Å². The molecule has 1 aliphatic heterocycles. The number of benzene rings is 1. The van der Waals surface area contributed by atoms with E-state index >= 15 is 0 Å². The maximum atomic E-state index is 6.12. The van der Waals surface area contributed by atoms with Gasteiger partial charge in [-0.1, -0.05) is 13.0 Å². The number of nitrogen functional groups attached to an aromatic ring is 1. The van der Waals surface area contributed by atoms with Gasteiger partial charge >= 0.3 is 0 Å². The number of nitrogens with zero attached hydrogens (tertiary/aromatic N) is 1. The Morgan fingerprint density at radius 1 is 1.35 bits per heavy atom. The lowest BCUT2D eigenvalue weighted by Gasteiger charge is -2.33. The van der Waals surface area contributed by atoms with Gasteiger partial charge in [-0.05, 0) is 37.0 Å². The fourth-order valence-electron chi connectivity index (χ4n) is 2.44. The predicted octanol–water partition coefficient (Wildman–Crippen LogP) is 2.45. The van der Waals surface area contributed by atoms with Crippen molar-refractivity contribution in [2.75, 3.05) is 30.8 Å². The number of methoxy groups -OCH3 is 1. The zero-order valence-electron chi connectivity index (χ0n) is 10.8. The molecule has 3 heteroatoms. The summed E-state index contributed by atoms with van der Waals surface area (Å²) in [5.41, 5.74) is 9.51. The summed E-state index contributed by atoms with van der Waals surface area (Å²) in [6.07, 6.45) is 3.63. The van der Waals surface area contributed by atoms with E-state index in [-0.39, 0.29) is 0 Å². The van der Waals surface area contributed by atoms with E-state index in [9.17, 15) is 0 Å². The number of hydrogen-bond donors (Lipinski definition) is 1. The summed E-state index contributed by atoms with van der Waals surface area (Å²) >= 11 is 0. The Labute approximate surface area is 104 Å². The second kappa shape index (κ2) is 5.41. The predicted molar refractivity (Wildman–Crippen MR) is 72.5 cm³/mol. The highest BCUT2D eigenvalue weighted by Crippen LogP contribution is 2.27. The van der Waals surface area contributed by atoms with Crippen LogP contribution < -0.4 is 10.6 Å². The molecule has 0 radical (unpaired) electrons. The highest BCUT2D eigenvalue weighted by molar-refractivity contribution is 5.68. The van der Waals surface area contributed by atoms with Crippen LogP contribution in [-0.4, -0.2) is 26.3 Å². The van der Waals surface area contributed by atoms with E-state index in [0.717, 1.165) is 38.0 Å². The van der Waals surface area contributed by atoms with Crippen molar-refractivity contribution in [1.82, 2.24) is 0 Å². The van der Waals surface area contributed by atoms with E-state index in [0.29, 0.717) is 6.10 Å². The molecule has 0 atom stereocenters. The minimum absolute atomic E-state index is 0.419. The highest BCUT2D eigenvalue weighted by Gasteiger charge is 2.20. The molecule has 2 N–H and O–H groups in total. The van der Waals surface area contributed by atoms with Crippen molar-refractivity contribution < 1.29 is 4.74 Å². The van der Waals surface area contributed by atoms with Crippen molar-refractivity contribution in [3.05, 3.63) is 23.8 Å². The van der Waals surface area contributed by atoms with Crippen molar-refractivity contribution in [3.8, 4) is 0 Å². The van der Waals surface area contributed by atoms with E-state index in [1.807, 2.05) is 0 Å². The molecular formula is C14H22N2O. The van der Waals surface area contributed by atoms with Crippen molar-refractivity contribution in [1.29, 1.82) is 0 Å². The fourth-order valence-corrected chi connectivity index (χ4v) is 2.44. The SMILES string of the molecule is CCc1ccc(N2CCC(OC)CC2)c(N)c1.